The van der Waals surface area contributed by atoms with E-state index in [0.717, 1.165) is 23.9 Å². The summed E-state index contributed by atoms with van der Waals surface area (Å²) in [4.78, 5) is 2.73. The third-order valence-electron chi connectivity index (χ3n) is 5.38. The molecule has 0 amide bonds. The van der Waals surface area contributed by atoms with E-state index in [1.54, 1.807) is 0 Å². The normalized spacial score (nSPS) is 40.5. The lowest BCUT2D eigenvalue weighted by Crippen LogP contribution is -2.36. The first kappa shape index (κ1) is 12.9. The molecule has 0 unspecified atom stereocenters. The highest BCUT2D eigenvalue weighted by atomic mass is 15.2. The van der Waals surface area contributed by atoms with E-state index in [1.807, 2.05) is 0 Å². The van der Waals surface area contributed by atoms with Crippen molar-refractivity contribution in [2.45, 2.75) is 65.0 Å². The zero-order valence-corrected chi connectivity index (χ0v) is 12.4. The van der Waals surface area contributed by atoms with Crippen LogP contribution in [0.25, 0.3) is 0 Å². The Morgan fingerprint density at radius 2 is 1.94 bits per heavy atom. The van der Waals surface area contributed by atoms with Crippen LogP contribution < -0.4 is 5.32 Å². The van der Waals surface area contributed by atoms with E-state index in [0.29, 0.717) is 5.41 Å². The Labute approximate surface area is 113 Å². The van der Waals surface area contributed by atoms with Crippen molar-refractivity contribution in [3.63, 3.8) is 0 Å². The van der Waals surface area contributed by atoms with Gasteiger partial charge in [-0.3, -0.25) is 0 Å². The van der Waals surface area contributed by atoms with Gasteiger partial charge in [0.05, 0.1) is 0 Å². The van der Waals surface area contributed by atoms with Gasteiger partial charge in [-0.2, -0.15) is 0 Å². The van der Waals surface area contributed by atoms with Crippen LogP contribution in [0.1, 0.15) is 52.9 Å². The van der Waals surface area contributed by atoms with Gasteiger partial charge >= 0.3 is 0 Å². The monoisotopic (exact) mass is 250 g/mol. The van der Waals surface area contributed by atoms with E-state index >= 15 is 0 Å². The quantitative estimate of drug-likeness (QED) is 0.825. The fourth-order valence-electron chi connectivity index (χ4n) is 4.29. The largest absolute Gasteiger partial charge is 0.313 e. The van der Waals surface area contributed by atoms with Gasteiger partial charge in [-0.05, 0) is 62.4 Å². The van der Waals surface area contributed by atoms with Crippen molar-refractivity contribution in [1.82, 2.24) is 10.2 Å². The molecule has 0 spiro atoms. The molecule has 0 bridgehead atoms. The van der Waals surface area contributed by atoms with Crippen molar-refractivity contribution < 1.29 is 0 Å². The minimum Gasteiger partial charge on any atom is -0.313 e. The lowest BCUT2D eigenvalue weighted by atomic mass is 9.91. The number of rotatable bonds is 4. The highest BCUT2D eigenvalue weighted by molar-refractivity contribution is 4.93. The van der Waals surface area contributed by atoms with E-state index in [4.69, 9.17) is 0 Å². The van der Waals surface area contributed by atoms with Crippen molar-refractivity contribution in [2.24, 2.45) is 17.3 Å². The SMILES string of the molecule is C[C@@H]1CC(C)(C)C[C@@H]1NC[C@H]1CCN(C2CC2)C1. The third kappa shape index (κ3) is 2.91. The van der Waals surface area contributed by atoms with E-state index in [9.17, 15) is 0 Å². The summed E-state index contributed by atoms with van der Waals surface area (Å²) in [5, 5.41) is 3.88. The maximum absolute atomic E-state index is 3.88. The second-order valence-electron chi connectivity index (χ2n) is 7.95. The third-order valence-corrected chi connectivity index (χ3v) is 5.38. The maximum atomic E-state index is 3.88. The molecule has 2 heteroatoms. The molecule has 18 heavy (non-hydrogen) atoms. The van der Waals surface area contributed by atoms with Gasteiger partial charge in [0.1, 0.15) is 0 Å². The van der Waals surface area contributed by atoms with Gasteiger partial charge in [-0.15, -0.1) is 0 Å². The average Bonchev–Trinajstić information content (AvgIpc) is 2.96. The summed E-state index contributed by atoms with van der Waals surface area (Å²) in [5.74, 6) is 1.78. The highest BCUT2D eigenvalue weighted by Gasteiger charge is 2.38. The molecule has 2 nitrogen and oxygen atoms in total. The smallest absolute Gasteiger partial charge is 0.00980 e. The second-order valence-corrected chi connectivity index (χ2v) is 7.95. The Morgan fingerprint density at radius 1 is 1.17 bits per heavy atom. The summed E-state index contributed by atoms with van der Waals surface area (Å²) >= 11 is 0. The van der Waals surface area contributed by atoms with E-state index in [-0.39, 0.29) is 0 Å². The van der Waals surface area contributed by atoms with Crippen LogP contribution in [-0.4, -0.2) is 36.6 Å². The van der Waals surface area contributed by atoms with Crippen molar-refractivity contribution >= 4 is 0 Å². The van der Waals surface area contributed by atoms with Crippen LogP contribution in [0.15, 0.2) is 0 Å². The standard InChI is InChI=1S/C16H30N2/c1-12-8-16(2,3)9-15(12)17-10-13-6-7-18(11-13)14-4-5-14/h12-15,17H,4-11H2,1-3H3/t12-,13-,15+/m1/s1. The fraction of sp³-hybridized carbons (Fsp3) is 1.00. The van der Waals surface area contributed by atoms with Gasteiger partial charge in [0.25, 0.3) is 0 Å². The van der Waals surface area contributed by atoms with Gasteiger partial charge in [-0.1, -0.05) is 20.8 Å². The first-order valence-corrected chi connectivity index (χ1v) is 8.01. The molecule has 104 valence electrons. The first-order valence-electron chi connectivity index (χ1n) is 8.01. The summed E-state index contributed by atoms with van der Waals surface area (Å²) in [5.41, 5.74) is 0.562. The highest BCUT2D eigenvalue weighted by Crippen LogP contribution is 2.41. The Bertz CT molecular complexity index is 295. The molecular formula is C16H30N2. The van der Waals surface area contributed by atoms with Crippen LogP contribution in [0.4, 0.5) is 0 Å². The average molecular weight is 250 g/mol. The summed E-state index contributed by atoms with van der Waals surface area (Å²) < 4.78 is 0. The van der Waals surface area contributed by atoms with Crippen LogP contribution in [0.2, 0.25) is 0 Å². The Morgan fingerprint density at radius 3 is 2.56 bits per heavy atom. The molecular weight excluding hydrogens is 220 g/mol. The Kier molecular flexibility index (Phi) is 3.44. The van der Waals surface area contributed by atoms with Crippen molar-refractivity contribution in [1.29, 1.82) is 0 Å². The number of nitrogens with one attached hydrogen (secondary N) is 1. The Balaban J connectivity index is 1.42. The summed E-state index contributed by atoms with van der Waals surface area (Å²) in [6.45, 7) is 11.3. The first-order chi connectivity index (χ1) is 8.53. The molecule has 1 aliphatic heterocycles. The van der Waals surface area contributed by atoms with Crippen LogP contribution in [0.5, 0.6) is 0 Å². The van der Waals surface area contributed by atoms with Crippen LogP contribution in [-0.2, 0) is 0 Å². The van der Waals surface area contributed by atoms with Gasteiger partial charge in [0, 0.05) is 18.6 Å². The van der Waals surface area contributed by atoms with Gasteiger partial charge < -0.3 is 10.2 Å². The minimum absolute atomic E-state index is 0.562. The van der Waals surface area contributed by atoms with Crippen molar-refractivity contribution in [2.75, 3.05) is 19.6 Å². The molecule has 2 aliphatic carbocycles. The number of nitrogens with zero attached hydrogens (tertiary/aromatic N) is 1. The van der Waals surface area contributed by atoms with E-state index in [2.05, 4.69) is 31.0 Å². The molecule has 3 atom stereocenters. The van der Waals surface area contributed by atoms with Gasteiger partial charge in [0.15, 0.2) is 0 Å². The summed E-state index contributed by atoms with van der Waals surface area (Å²) in [7, 11) is 0. The zero-order chi connectivity index (χ0) is 12.8. The van der Waals surface area contributed by atoms with Gasteiger partial charge in [0.2, 0.25) is 0 Å². The number of hydrogen-bond acceptors (Lipinski definition) is 2. The van der Waals surface area contributed by atoms with E-state index < -0.39 is 0 Å². The molecule has 0 radical (unpaired) electrons. The van der Waals surface area contributed by atoms with Crippen molar-refractivity contribution in [3.05, 3.63) is 0 Å². The minimum atomic E-state index is 0.562. The second kappa shape index (κ2) is 4.79. The van der Waals surface area contributed by atoms with Gasteiger partial charge in [-0.25, -0.2) is 0 Å². The molecule has 1 saturated heterocycles. The summed E-state index contributed by atoms with van der Waals surface area (Å²) in [6, 6.07) is 1.74. The molecule has 3 aliphatic rings. The lowest BCUT2D eigenvalue weighted by molar-refractivity contribution is 0.304. The van der Waals surface area contributed by atoms with E-state index in [1.165, 1.54) is 51.7 Å². The lowest BCUT2D eigenvalue weighted by Gasteiger charge is -2.21. The number of hydrogen-bond donors (Lipinski definition) is 1. The topological polar surface area (TPSA) is 15.3 Å². The maximum Gasteiger partial charge on any atom is 0.00980 e. The predicted octanol–water partition coefficient (Wildman–Crippen LogP) is 2.89. The summed E-state index contributed by atoms with van der Waals surface area (Å²) in [6.07, 6.45) is 7.12. The molecule has 0 aromatic rings. The van der Waals surface area contributed by atoms with Crippen LogP contribution >= 0.6 is 0 Å². The zero-order valence-electron chi connectivity index (χ0n) is 12.4. The van der Waals surface area contributed by atoms with Crippen LogP contribution in [0, 0.1) is 17.3 Å². The Hall–Kier alpha value is -0.0800. The molecule has 2 saturated carbocycles. The molecule has 3 rings (SSSR count). The molecule has 3 fully saturated rings. The van der Waals surface area contributed by atoms with Crippen LogP contribution in [0.3, 0.4) is 0 Å². The molecule has 1 heterocycles. The fourth-order valence-corrected chi connectivity index (χ4v) is 4.29. The molecule has 0 aromatic carbocycles. The molecule has 1 N–H and O–H groups in total. The van der Waals surface area contributed by atoms with Crippen molar-refractivity contribution in [3.8, 4) is 0 Å². The predicted molar refractivity (Wildman–Crippen MR) is 76.7 cm³/mol. The molecule has 0 aromatic heterocycles. The number of likely N-dealkylation sites (tertiary alicyclic amines) is 1.